The van der Waals surface area contributed by atoms with E-state index in [4.69, 9.17) is 0 Å². The molecule has 0 radical (unpaired) electrons. The number of carbonyl (C=O) groups excluding carboxylic acids is 1. The molecule has 72 valence electrons. The van der Waals surface area contributed by atoms with Crippen LogP contribution in [0.3, 0.4) is 0 Å². The highest BCUT2D eigenvalue weighted by Crippen LogP contribution is 2.12. The third kappa shape index (κ3) is 2.49. The van der Waals surface area contributed by atoms with Crippen LogP contribution in [0.5, 0.6) is 0 Å². The summed E-state index contributed by atoms with van der Waals surface area (Å²) in [5, 5.41) is 2.00. The summed E-state index contributed by atoms with van der Waals surface area (Å²) in [6.07, 6.45) is 2.83. The van der Waals surface area contributed by atoms with Crippen molar-refractivity contribution in [2.24, 2.45) is 0 Å². The molecule has 2 heterocycles. The molecule has 0 saturated carbocycles. The summed E-state index contributed by atoms with van der Waals surface area (Å²) in [5.41, 5.74) is 1.76. The molecule has 0 fully saturated rings. The van der Waals surface area contributed by atoms with Crippen molar-refractivity contribution >= 4 is 28.5 Å². The number of nitrogens with zero attached hydrogens (tertiary/aromatic N) is 1. The van der Waals surface area contributed by atoms with Crippen molar-refractivity contribution < 1.29 is 4.79 Å². The van der Waals surface area contributed by atoms with E-state index < -0.39 is 0 Å². The predicted octanol–water partition coefficient (Wildman–Crippen LogP) is 2.56. The van der Waals surface area contributed by atoms with Crippen LogP contribution in [0, 0.1) is 0 Å². The van der Waals surface area contributed by atoms with Gasteiger partial charge in [-0.05, 0) is 11.4 Å². The highest BCUT2D eigenvalue weighted by atomic mass is 32.1. The Morgan fingerprint density at radius 3 is 2.79 bits per heavy atom. The Morgan fingerprint density at radius 2 is 2.14 bits per heavy atom. The van der Waals surface area contributed by atoms with Gasteiger partial charge >= 0.3 is 0 Å². The first kappa shape index (κ1) is 9.55. The number of Topliss-reactive ketones (excluding diaryl/α,β-unsaturated/α-hetero) is 1. The third-order valence-electron chi connectivity index (χ3n) is 1.81. The molecule has 0 aliphatic rings. The van der Waals surface area contributed by atoms with E-state index in [1.807, 2.05) is 17.5 Å². The average Bonchev–Trinajstić information content (AvgIpc) is 2.76. The van der Waals surface area contributed by atoms with Crippen molar-refractivity contribution in [3.63, 3.8) is 0 Å². The molecule has 0 unspecified atom stereocenters. The van der Waals surface area contributed by atoms with Crippen molar-refractivity contribution in [1.82, 2.24) is 4.98 Å². The Kier molecular flexibility index (Phi) is 3.06. The molecule has 0 aliphatic heterocycles. The Morgan fingerprint density at radius 1 is 1.29 bits per heavy atom. The van der Waals surface area contributed by atoms with Gasteiger partial charge in [0.05, 0.1) is 5.51 Å². The summed E-state index contributed by atoms with van der Waals surface area (Å²) < 4.78 is 0. The monoisotopic (exact) mass is 223 g/mol. The fourth-order valence-corrected chi connectivity index (χ4v) is 2.55. The van der Waals surface area contributed by atoms with E-state index in [0.717, 1.165) is 9.75 Å². The first-order valence-corrected chi connectivity index (χ1v) is 6.02. The van der Waals surface area contributed by atoms with Gasteiger partial charge in [0.15, 0.2) is 0 Å². The standard InChI is InChI=1S/C10H9NOS2/c12-8(4-9-2-1-3-13-9)5-10-6-11-7-14-10/h1-3,6-7H,4-5H2. The molecule has 4 heteroatoms. The van der Waals surface area contributed by atoms with Crippen molar-refractivity contribution in [3.8, 4) is 0 Å². The first-order valence-electron chi connectivity index (χ1n) is 4.26. The maximum Gasteiger partial charge on any atom is 0.143 e. The van der Waals surface area contributed by atoms with Crippen LogP contribution >= 0.6 is 22.7 Å². The summed E-state index contributed by atoms with van der Waals surface area (Å²) in [5.74, 6) is 0.261. The molecule has 0 aromatic carbocycles. The zero-order valence-electron chi connectivity index (χ0n) is 7.47. The SMILES string of the molecule is O=C(Cc1cccs1)Cc1cncs1. The van der Waals surface area contributed by atoms with E-state index in [1.54, 1.807) is 23.0 Å². The minimum Gasteiger partial charge on any atom is -0.299 e. The molecule has 0 bridgehead atoms. The quantitative estimate of drug-likeness (QED) is 0.797. The zero-order chi connectivity index (χ0) is 9.80. The second-order valence-corrected chi connectivity index (χ2v) is 4.94. The maximum absolute atomic E-state index is 11.6. The van der Waals surface area contributed by atoms with Gasteiger partial charge < -0.3 is 0 Å². The lowest BCUT2D eigenvalue weighted by Crippen LogP contribution is -2.03. The number of thiophene rings is 1. The molecule has 2 nitrogen and oxygen atoms in total. The maximum atomic E-state index is 11.6. The summed E-state index contributed by atoms with van der Waals surface area (Å²) in [4.78, 5) is 17.7. The highest BCUT2D eigenvalue weighted by molar-refractivity contribution is 7.10. The van der Waals surface area contributed by atoms with Crippen LogP contribution in [-0.4, -0.2) is 10.8 Å². The molecule has 0 saturated heterocycles. The second kappa shape index (κ2) is 4.48. The summed E-state index contributed by atoms with van der Waals surface area (Å²) in [6, 6.07) is 3.97. The fraction of sp³-hybridized carbons (Fsp3) is 0.200. The number of ketones is 1. The smallest absolute Gasteiger partial charge is 0.143 e. The topological polar surface area (TPSA) is 30.0 Å². The van der Waals surface area contributed by atoms with E-state index in [2.05, 4.69) is 4.98 Å². The van der Waals surface area contributed by atoms with E-state index >= 15 is 0 Å². The largest absolute Gasteiger partial charge is 0.299 e. The highest BCUT2D eigenvalue weighted by Gasteiger charge is 2.06. The van der Waals surface area contributed by atoms with Gasteiger partial charge in [0.25, 0.3) is 0 Å². The molecule has 14 heavy (non-hydrogen) atoms. The first-order chi connectivity index (χ1) is 6.84. The van der Waals surface area contributed by atoms with Gasteiger partial charge in [0.2, 0.25) is 0 Å². The van der Waals surface area contributed by atoms with E-state index in [0.29, 0.717) is 12.8 Å². The summed E-state index contributed by atoms with van der Waals surface area (Å²) in [7, 11) is 0. The molecule has 0 aliphatic carbocycles. The van der Waals surface area contributed by atoms with Crippen molar-refractivity contribution in [2.45, 2.75) is 12.8 Å². The minimum absolute atomic E-state index is 0.261. The molecule has 2 aromatic rings. The fourth-order valence-electron chi connectivity index (χ4n) is 1.19. The zero-order valence-corrected chi connectivity index (χ0v) is 9.11. The van der Waals surface area contributed by atoms with Crippen molar-refractivity contribution in [1.29, 1.82) is 0 Å². The van der Waals surface area contributed by atoms with E-state index in [1.165, 1.54) is 11.3 Å². The van der Waals surface area contributed by atoms with Crippen molar-refractivity contribution in [2.75, 3.05) is 0 Å². The Bertz CT molecular complexity index is 353. The van der Waals surface area contributed by atoms with E-state index in [9.17, 15) is 4.79 Å². The van der Waals surface area contributed by atoms with Gasteiger partial charge in [0.1, 0.15) is 5.78 Å². The van der Waals surface area contributed by atoms with Gasteiger partial charge in [-0.3, -0.25) is 9.78 Å². The molecule has 0 N–H and O–H groups in total. The predicted molar refractivity (Wildman–Crippen MR) is 58.8 cm³/mol. The number of carbonyl (C=O) groups is 1. The molecule has 0 amide bonds. The Labute approximate surface area is 90.2 Å². The van der Waals surface area contributed by atoms with Crippen LogP contribution in [0.4, 0.5) is 0 Å². The summed E-state index contributed by atoms with van der Waals surface area (Å²) in [6.45, 7) is 0. The van der Waals surface area contributed by atoms with Crippen LogP contribution in [0.2, 0.25) is 0 Å². The minimum atomic E-state index is 0.261. The lowest BCUT2D eigenvalue weighted by atomic mass is 10.2. The molecular formula is C10H9NOS2. The number of rotatable bonds is 4. The second-order valence-electron chi connectivity index (χ2n) is 2.94. The third-order valence-corrected chi connectivity index (χ3v) is 3.46. The van der Waals surface area contributed by atoms with Gasteiger partial charge in [-0.25, -0.2) is 0 Å². The van der Waals surface area contributed by atoms with Crippen LogP contribution in [0.15, 0.2) is 29.2 Å². The number of aromatic nitrogens is 1. The molecule has 0 atom stereocenters. The van der Waals surface area contributed by atoms with Gasteiger partial charge in [-0.1, -0.05) is 6.07 Å². The number of hydrogen-bond donors (Lipinski definition) is 0. The molecule has 2 rings (SSSR count). The lowest BCUT2D eigenvalue weighted by molar-refractivity contribution is -0.117. The van der Waals surface area contributed by atoms with Crippen molar-refractivity contribution in [3.05, 3.63) is 39.0 Å². The van der Waals surface area contributed by atoms with Gasteiger partial charge in [-0.2, -0.15) is 0 Å². The Balaban J connectivity index is 1.91. The van der Waals surface area contributed by atoms with Gasteiger partial charge in [-0.15, -0.1) is 22.7 Å². The average molecular weight is 223 g/mol. The van der Waals surface area contributed by atoms with Crippen LogP contribution in [-0.2, 0) is 17.6 Å². The molecular weight excluding hydrogens is 214 g/mol. The summed E-state index contributed by atoms with van der Waals surface area (Å²) >= 11 is 3.17. The molecule has 0 spiro atoms. The van der Waals surface area contributed by atoms with Gasteiger partial charge in [0, 0.05) is 28.8 Å². The normalized spacial score (nSPS) is 10.3. The molecule has 2 aromatic heterocycles. The number of thiazole rings is 1. The Hall–Kier alpha value is -1.00. The number of hydrogen-bond acceptors (Lipinski definition) is 4. The van der Waals surface area contributed by atoms with Crippen LogP contribution in [0.1, 0.15) is 9.75 Å². The lowest BCUT2D eigenvalue weighted by Gasteiger charge is -1.95. The van der Waals surface area contributed by atoms with E-state index in [-0.39, 0.29) is 5.78 Å². The van der Waals surface area contributed by atoms with Crippen LogP contribution < -0.4 is 0 Å². The van der Waals surface area contributed by atoms with Crippen LogP contribution in [0.25, 0.3) is 0 Å².